The van der Waals surface area contributed by atoms with Gasteiger partial charge in [0, 0.05) is 44.8 Å². The molecule has 9 heteroatoms. The number of rotatable bonds is 11. The van der Waals surface area contributed by atoms with E-state index in [9.17, 15) is 4.79 Å². The van der Waals surface area contributed by atoms with Crippen molar-refractivity contribution in [3.05, 3.63) is 18.0 Å². The standard InChI is InChI=1S/C22H40N8O/c1-6-8-18(9-7-2)30-13-12-29(14-15(30)3)21-17(5)27-19(20(23)28-21)16(4)25-10-11-26-22(24)31/h15,18,25H,4,6-14H2,1-3,5H3,(H2,23,28)(H3,24,26,31). The third-order valence-electron chi connectivity index (χ3n) is 5.81. The van der Waals surface area contributed by atoms with E-state index >= 15 is 0 Å². The fraction of sp³-hybridized carbons (Fsp3) is 0.682. The van der Waals surface area contributed by atoms with Crippen molar-refractivity contribution >= 4 is 23.4 Å². The summed E-state index contributed by atoms with van der Waals surface area (Å²) in [5.74, 6) is 1.20. The van der Waals surface area contributed by atoms with Crippen molar-refractivity contribution in [3.63, 3.8) is 0 Å². The number of aryl methyl sites for hydroxylation is 1. The summed E-state index contributed by atoms with van der Waals surface area (Å²) in [5, 5.41) is 5.62. The number of urea groups is 1. The van der Waals surface area contributed by atoms with Crippen LogP contribution in [0.3, 0.4) is 0 Å². The molecule has 31 heavy (non-hydrogen) atoms. The molecule has 1 atom stereocenters. The van der Waals surface area contributed by atoms with E-state index in [1.807, 2.05) is 6.92 Å². The third kappa shape index (κ3) is 6.72. The van der Waals surface area contributed by atoms with Crippen molar-refractivity contribution in [2.45, 2.75) is 65.5 Å². The SMILES string of the molecule is C=C(NCCNC(N)=O)c1nc(C)c(N2CCN(C(CCC)CCC)C(C)C2)nc1N. The second kappa shape index (κ2) is 11.7. The van der Waals surface area contributed by atoms with Crippen LogP contribution in [-0.2, 0) is 0 Å². The van der Waals surface area contributed by atoms with E-state index in [4.69, 9.17) is 11.5 Å². The summed E-state index contributed by atoms with van der Waals surface area (Å²) in [7, 11) is 0. The highest BCUT2D eigenvalue weighted by Gasteiger charge is 2.30. The molecule has 0 radical (unpaired) electrons. The lowest BCUT2D eigenvalue weighted by molar-refractivity contribution is 0.114. The Hall–Kier alpha value is -2.55. The highest BCUT2D eigenvalue weighted by molar-refractivity contribution is 5.71. The van der Waals surface area contributed by atoms with Crippen LogP contribution in [0, 0.1) is 6.92 Å². The van der Waals surface area contributed by atoms with Crippen LogP contribution in [0.25, 0.3) is 5.70 Å². The number of primary amides is 1. The number of aromatic nitrogens is 2. The average molecular weight is 433 g/mol. The maximum absolute atomic E-state index is 10.8. The van der Waals surface area contributed by atoms with Gasteiger partial charge in [-0.3, -0.25) is 4.90 Å². The molecule has 1 unspecified atom stereocenters. The molecule has 0 saturated carbocycles. The molecule has 2 heterocycles. The van der Waals surface area contributed by atoms with Gasteiger partial charge in [0.05, 0.1) is 11.4 Å². The maximum Gasteiger partial charge on any atom is 0.312 e. The Kier molecular flexibility index (Phi) is 9.36. The first-order valence-corrected chi connectivity index (χ1v) is 11.4. The van der Waals surface area contributed by atoms with Crippen molar-refractivity contribution in [2.75, 3.05) is 43.4 Å². The first kappa shape index (κ1) is 24.7. The van der Waals surface area contributed by atoms with Crippen LogP contribution in [0.1, 0.15) is 57.8 Å². The molecule has 0 aromatic carbocycles. The third-order valence-corrected chi connectivity index (χ3v) is 5.81. The fourth-order valence-electron chi connectivity index (χ4n) is 4.38. The van der Waals surface area contributed by atoms with Crippen molar-refractivity contribution < 1.29 is 4.79 Å². The minimum absolute atomic E-state index is 0.353. The van der Waals surface area contributed by atoms with Gasteiger partial charge in [-0.1, -0.05) is 33.3 Å². The van der Waals surface area contributed by atoms with Gasteiger partial charge < -0.3 is 27.0 Å². The summed E-state index contributed by atoms with van der Waals surface area (Å²) in [6, 6.07) is 0.551. The van der Waals surface area contributed by atoms with Crippen LogP contribution in [-0.4, -0.2) is 65.7 Å². The number of hydrogen-bond donors (Lipinski definition) is 4. The zero-order chi connectivity index (χ0) is 23.0. The number of piperazine rings is 1. The number of amides is 2. The molecule has 2 amide bonds. The summed E-state index contributed by atoms with van der Waals surface area (Å²) in [4.78, 5) is 25.1. The van der Waals surface area contributed by atoms with E-state index in [-0.39, 0.29) is 0 Å². The smallest absolute Gasteiger partial charge is 0.312 e. The molecule has 0 aliphatic carbocycles. The molecule has 1 aromatic heterocycles. The molecule has 0 bridgehead atoms. The van der Waals surface area contributed by atoms with Crippen LogP contribution in [0.4, 0.5) is 16.4 Å². The maximum atomic E-state index is 10.8. The Morgan fingerprint density at radius 1 is 1.19 bits per heavy atom. The van der Waals surface area contributed by atoms with Crippen molar-refractivity contribution in [2.24, 2.45) is 5.73 Å². The number of anilines is 2. The van der Waals surface area contributed by atoms with Crippen LogP contribution in [0.15, 0.2) is 6.58 Å². The Balaban J connectivity index is 2.05. The number of nitrogen functional groups attached to an aromatic ring is 1. The summed E-state index contributed by atoms with van der Waals surface area (Å²) in [6.07, 6.45) is 4.94. The number of carbonyl (C=O) groups is 1. The van der Waals surface area contributed by atoms with Gasteiger partial charge in [-0.2, -0.15) is 0 Å². The zero-order valence-electron chi connectivity index (χ0n) is 19.6. The van der Waals surface area contributed by atoms with Gasteiger partial charge in [0.2, 0.25) is 0 Å². The molecular weight excluding hydrogens is 392 g/mol. The Morgan fingerprint density at radius 3 is 2.42 bits per heavy atom. The van der Waals surface area contributed by atoms with Gasteiger partial charge in [0.25, 0.3) is 0 Å². The molecule has 0 spiro atoms. The zero-order valence-corrected chi connectivity index (χ0v) is 19.6. The highest BCUT2D eigenvalue weighted by Crippen LogP contribution is 2.26. The minimum atomic E-state index is -0.558. The number of nitrogens with one attached hydrogen (secondary N) is 2. The van der Waals surface area contributed by atoms with Crippen LogP contribution in [0.5, 0.6) is 0 Å². The van der Waals surface area contributed by atoms with Gasteiger partial charge in [-0.15, -0.1) is 0 Å². The Morgan fingerprint density at radius 2 is 1.84 bits per heavy atom. The second-order valence-corrected chi connectivity index (χ2v) is 8.33. The molecule has 9 nitrogen and oxygen atoms in total. The quantitative estimate of drug-likeness (QED) is 0.394. The molecule has 2 rings (SSSR count). The second-order valence-electron chi connectivity index (χ2n) is 8.33. The summed E-state index contributed by atoms with van der Waals surface area (Å²) >= 11 is 0. The lowest BCUT2D eigenvalue weighted by atomic mass is 10.0. The van der Waals surface area contributed by atoms with E-state index in [1.165, 1.54) is 25.7 Å². The van der Waals surface area contributed by atoms with E-state index in [0.29, 0.717) is 42.4 Å². The fourth-order valence-corrected chi connectivity index (χ4v) is 4.38. The predicted molar refractivity (Wildman–Crippen MR) is 128 cm³/mol. The molecule has 1 aromatic rings. The molecule has 174 valence electrons. The number of nitrogens with zero attached hydrogens (tertiary/aromatic N) is 4. The summed E-state index contributed by atoms with van der Waals surface area (Å²) < 4.78 is 0. The molecule has 6 N–H and O–H groups in total. The average Bonchev–Trinajstić information content (AvgIpc) is 2.72. The summed E-state index contributed by atoms with van der Waals surface area (Å²) in [5.41, 5.74) is 13.3. The Bertz CT molecular complexity index is 747. The van der Waals surface area contributed by atoms with Crippen molar-refractivity contribution in [1.82, 2.24) is 25.5 Å². The highest BCUT2D eigenvalue weighted by atomic mass is 16.2. The molecule has 1 aliphatic heterocycles. The van der Waals surface area contributed by atoms with E-state index in [2.05, 4.69) is 57.8 Å². The first-order chi connectivity index (χ1) is 14.8. The van der Waals surface area contributed by atoms with Gasteiger partial charge in [-0.05, 0) is 26.7 Å². The van der Waals surface area contributed by atoms with Crippen LogP contribution in [0.2, 0.25) is 0 Å². The largest absolute Gasteiger partial charge is 0.382 e. The van der Waals surface area contributed by atoms with Gasteiger partial charge >= 0.3 is 6.03 Å². The van der Waals surface area contributed by atoms with E-state index in [1.54, 1.807) is 0 Å². The van der Waals surface area contributed by atoms with E-state index in [0.717, 1.165) is 31.1 Å². The van der Waals surface area contributed by atoms with Gasteiger partial charge in [-0.25, -0.2) is 14.8 Å². The normalized spacial score (nSPS) is 17.1. The monoisotopic (exact) mass is 432 g/mol. The lowest BCUT2D eigenvalue weighted by Gasteiger charge is -2.44. The predicted octanol–water partition coefficient (Wildman–Crippen LogP) is 2.08. The number of carbonyl (C=O) groups excluding carboxylic acids is 1. The molecular formula is C22H40N8O. The first-order valence-electron chi connectivity index (χ1n) is 11.4. The van der Waals surface area contributed by atoms with Crippen molar-refractivity contribution in [1.29, 1.82) is 0 Å². The van der Waals surface area contributed by atoms with Crippen LogP contribution >= 0.6 is 0 Å². The molecule has 1 saturated heterocycles. The van der Waals surface area contributed by atoms with Crippen molar-refractivity contribution in [3.8, 4) is 0 Å². The number of nitrogens with two attached hydrogens (primary N) is 2. The minimum Gasteiger partial charge on any atom is -0.382 e. The topological polar surface area (TPSA) is 125 Å². The Labute approximate surface area is 186 Å². The van der Waals surface area contributed by atoms with Gasteiger partial charge in [0.1, 0.15) is 5.69 Å². The lowest BCUT2D eigenvalue weighted by Crippen LogP contribution is -2.55. The summed E-state index contributed by atoms with van der Waals surface area (Å²) in [6.45, 7) is 16.5. The molecule has 1 aliphatic rings. The van der Waals surface area contributed by atoms with Crippen LogP contribution < -0.4 is 27.0 Å². The van der Waals surface area contributed by atoms with E-state index < -0.39 is 6.03 Å². The number of hydrogen-bond acceptors (Lipinski definition) is 7. The van der Waals surface area contributed by atoms with Gasteiger partial charge in [0.15, 0.2) is 11.6 Å². The molecule has 1 fully saturated rings.